The predicted molar refractivity (Wildman–Crippen MR) is 59.4 cm³/mol. The largest absolute Gasteiger partial charge is 0.454 e. The van der Waals surface area contributed by atoms with Crippen LogP contribution in [0.3, 0.4) is 0 Å². The molecule has 0 amide bonds. The molecule has 0 fully saturated rings. The summed E-state index contributed by atoms with van der Waals surface area (Å²) in [6.07, 6.45) is 3.07. The van der Waals surface area contributed by atoms with Gasteiger partial charge in [0.2, 0.25) is 6.79 Å². The lowest BCUT2D eigenvalue weighted by molar-refractivity contribution is 0.174. The van der Waals surface area contributed by atoms with E-state index in [0.29, 0.717) is 0 Å². The number of rotatable bonds is 1. The van der Waals surface area contributed by atoms with Crippen LogP contribution in [0.2, 0.25) is 0 Å². The first-order valence-electron chi connectivity index (χ1n) is 5.22. The zero-order valence-electron chi connectivity index (χ0n) is 9.27. The first kappa shape index (κ1) is 10.5. The molecule has 4 nitrogen and oxygen atoms in total. The molecular weight excluding hydrogens is 206 g/mol. The Balaban J connectivity index is 0.000000457. The van der Waals surface area contributed by atoms with Crippen LogP contribution < -0.4 is 9.47 Å². The quantitative estimate of drug-likeness (QED) is 0.739. The minimum atomic E-state index is 0.287. The summed E-state index contributed by atoms with van der Waals surface area (Å²) in [6, 6.07) is 5.65. The maximum Gasteiger partial charge on any atom is 0.231 e. The van der Waals surface area contributed by atoms with E-state index in [-0.39, 0.29) is 6.79 Å². The Labute approximate surface area is 93.8 Å². The van der Waals surface area contributed by atoms with Gasteiger partial charge >= 0.3 is 0 Å². The van der Waals surface area contributed by atoms with Gasteiger partial charge in [-0.2, -0.15) is 0 Å². The summed E-state index contributed by atoms with van der Waals surface area (Å²) in [5, 5.41) is 0. The van der Waals surface area contributed by atoms with Crippen LogP contribution in [0.5, 0.6) is 11.5 Å². The number of ether oxygens (including phenoxy) is 2. The van der Waals surface area contributed by atoms with Gasteiger partial charge in [0.05, 0.1) is 6.20 Å². The monoisotopic (exact) mass is 219 g/mol. The maximum absolute atomic E-state index is 5.25. The molecule has 2 aromatic rings. The van der Waals surface area contributed by atoms with Gasteiger partial charge in [-0.1, -0.05) is 13.8 Å². The molecule has 1 aliphatic heterocycles. The average Bonchev–Trinajstić information content (AvgIpc) is 3.02. The van der Waals surface area contributed by atoms with Crippen LogP contribution in [0.25, 0.3) is 11.3 Å². The van der Waals surface area contributed by atoms with Crippen LogP contribution in [0.4, 0.5) is 0 Å². The topological polar surface area (TPSA) is 44.5 Å². The Kier molecular flexibility index (Phi) is 3.10. The van der Waals surface area contributed by atoms with E-state index in [0.717, 1.165) is 22.8 Å². The van der Waals surface area contributed by atoms with E-state index in [4.69, 9.17) is 13.9 Å². The highest BCUT2D eigenvalue weighted by molar-refractivity contribution is 5.62. The first-order valence-corrected chi connectivity index (χ1v) is 5.22. The minimum absolute atomic E-state index is 0.287. The Morgan fingerprint density at radius 1 is 1.12 bits per heavy atom. The Hall–Kier alpha value is -1.97. The van der Waals surface area contributed by atoms with E-state index in [9.17, 15) is 0 Å². The molecule has 0 saturated heterocycles. The molecule has 1 aromatic heterocycles. The van der Waals surface area contributed by atoms with Crippen molar-refractivity contribution in [2.45, 2.75) is 13.8 Å². The molecule has 0 atom stereocenters. The van der Waals surface area contributed by atoms with E-state index in [1.54, 1.807) is 6.20 Å². The molecule has 0 radical (unpaired) electrons. The van der Waals surface area contributed by atoms with Gasteiger partial charge in [0.15, 0.2) is 23.7 Å². The van der Waals surface area contributed by atoms with Gasteiger partial charge in [-0.15, -0.1) is 0 Å². The van der Waals surface area contributed by atoms with E-state index >= 15 is 0 Å². The van der Waals surface area contributed by atoms with E-state index < -0.39 is 0 Å². The molecule has 1 aliphatic rings. The summed E-state index contributed by atoms with van der Waals surface area (Å²) < 4.78 is 15.6. The number of fused-ring (bicyclic) bond motifs is 1. The third kappa shape index (κ3) is 1.86. The van der Waals surface area contributed by atoms with Crippen molar-refractivity contribution >= 4 is 0 Å². The standard InChI is InChI=1S/C10H7NO3.C2H6/c1-2-8-9(14-6-13-8)3-7(1)10-4-11-5-12-10;1-2/h1-5H,6H2;1-2H3. The highest BCUT2D eigenvalue weighted by Crippen LogP contribution is 2.35. The third-order valence-corrected chi connectivity index (χ3v) is 2.09. The van der Waals surface area contributed by atoms with Gasteiger partial charge < -0.3 is 13.9 Å². The smallest absolute Gasteiger partial charge is 0.231 e. The van der Waals surface area contributed by atoms with Crippen molar-refractivity contribution in [2.75, 3.05) is 6.79 Å². The number of nitrogens with zero attached hydrogens (tertiary/aromatic N) is 1. The highest BCUT2D eigenvalue weighted by atomic mass is 16.7. The van der Waals surface area contributed by atoms with Crippen LogP contribution in [-0.4, -0.2) is 11.8 Å². The zero-order chi connectivity index (χ0) is 11.4. The summed E-state index contributed by atoms with van der Waals surface area (Å²) in [4.78, 5) is 3.85. The predicted octanol–water partition coefficient (Wildman–Crippen LogP) is 3.10. The summed E-state index contributed by atoms with van der Waals surface area (Å²) in [7, 11) is 0. The van der Waals surface area contributed by atoms with Crippen LogP contribution in [0, 0.1) is 0 Å². The molecular formula is C12H13NO3. The molecule has 0 N–H and O–H groups in total. The average molecular weight is 219 g/mol. The van der Waals surface area contributed by atoms with Crippen molar-refractivity contribution in [3.05, 3.63) is 30.8 Å². The molecule has 2 heterocycles. The molecule has 84 valence electrons. The number of oxazole rings is 1. The summed E-state index contributed by atoms with van der Waals surface area (Å²) in [6.45, 7) is 4.29. The molecule has 0 aliphatic carbocycles. The lowest BCUT2D eigenvalue weighted by atomic mass is 10.1. The third-order valence-electron chi connectivity index (χ3n) is 2.09. The van der Waals surface area contributed by atoms with Crippen LogP contribution >= 0.6 is 0 Å². The minimum Gasteiger partial charge on any atom is -0.454 e. The normalized spacial score (nSPS) is 11.9. The molecule has 0 unspecified atom stereocenters. The molecule has 4 heteroatoms. The summed E-state index contributed by atoms with van der Waals surface area (Å²) >= 11 is 0. The van der Waals surface area contributed by atoms with Crippen molar-refractivity contribution in [2.24, 2.45) is 0 Å². The molecule has 16 heavy (non-hydrogen) atoms. The van der Waals surface area contributed by atoms with Gasteiger partial charge in [0.25, 0.3) is 0 Å². The van der Waals surface area contributed by atoms with Gasteiger partial charge in [-0.25, -0.2) is 4.98 Å². The van der Waals surface area contributed by atoms with E-state index in [1.807, 2.05) is 32.0 Å². The van der Waals surface area contributed by atoms with Crippen molar-refractivity contribution in [1.82, 2.24) is 4.98 Å². The summed E-state index contributed by atoms with van der Waals surface area (Å²) in [5.74, 6) is 2.25. The SMILES string of the molecule is CC.c1ncc(-c2ccc3c(c2)OCO3)o1. The fraction of sp³-hybridized carbons (Fsp3) is 0.250. The Morgan fingerprint density at radius 2 is 1.94 bits per heavy atom. The van der Waals surface area contributed by atoms with Crippen LogP contribution in [0.15, 0.2) is 35.2 Å². The fourth-order valence-electron chi connectivity index (χ4n) is 1.41. The van der Waals surface area contributed by atoms with Crippen molar-refractivity contribution in [3.8, 4) is 22.8 Å². The summed E-state index contributed by atoms with van der Waals surface area (Å²) in [5.41, 5.74) is 0.937. The highest BCUT2D eigenvalue weighted by Gasteiger charge is 2.14. The van der Waals surface area contributed by atoms with Crippen molar-refractivity contribution in [1.29, 1.82) is 0 Å². The molecule has 0 saturated carbocycles. The lowest BCUT2D eigenvalue weighted by Crippen LogP contribution is -1.92. The maximum atomic E-state index is 5.25. The Bertz CT molecular complexity index is 451. The number of aromatic nitrogens is 1. The molecule has 1 aromatic carbocycles. The van der Waals surface area contributed by atoms with E-state index in [2.05, 4.69) is 4.98 Å². The number of hydrogen-bond acceptors (Lipinski definition) is 4. The molecule has 0 bridgehead atoms. The second-order valence-corrected chi connectivity index (χ2v) is 2.93. The van der Waals surface area contributed by atoms with Gasteiger partial charge in [-0.3, -0.25) is 0 Å². The lowest BCUT2D eigenvalue weighted by Gasteiger charge is -1.98. The van der Waals surface area contributed by atoms with Gasteiger partial charge in [-0.05, 0) is 18.2 Å². The Morgan fingerprint density at radius 3 is 2.69 bits per heavy atom. The van der Waals surface area contributed by atoms with Crippen LogP contribution in [-0.2, 0) is 0 Å². The molecule has 3 rings (SSSR count). The first-order chi connectivity index (χ1) is 7.93. The zero-order valence-corrected chi connectivity index (χ0v) is 9.27. The fourth-order valence-corrected chi connectivity index (χ4v) is 1.41. The second kappa shape index (κ2) is 4.70. The van der Waals surface area contributed by atoms with Gasteiger partial charge in [0, 0.05) is 5.56 Å². The van der Waals surface area contributed by atoms with Crippen molar-refractivity contribution < 1.29 is 13.9 Å². The van der Waals surface area contributed by atoms with Crippen molar-refractivity contribution in [3.63, 3.8) is 0 Å². The second-order valence-electron chi connectivity index (χ2n) is 2.93. The molecule has 0 spiro atoms. The van der Waals surface area contributed by atoms with E-state index in [1.165, 1.54) is 6.39 Å². The van der Waals surface area contributed by atoms with Gasteiger partial charge in [0.1, 0.15) is 0 Å². The number of benzene rings is 1. The van der Waals surface area contributed by atoms with Crippen LogP contribution in [0.1, 0.15) is 13.8 Å². The number of hydrogen-bond donors (Lipinski definition) is 0.